The predicted molar refractivity (Wildman–Crippen MR) is 86.0 cm³/mol. The number of hydrogen-bond donors (Lipinski definition) is 1. The topological polar surface area (TPSA) is 53.9 Å². The molecule has 0 saturated carbocycles. The number of rotatable bonds is 3. The maximum absolute atomic E-state index is 4.76. The van der Waals surface area contributed by atoms with Gasteiger partial charge in [0.1, 0.15) is 0 Å². The molecule has 0 amide bonds. The predicted octanol–water partition coefficient (Wildman–Crippen LogP) is 3.39. The van der Waals surface area contributed by atoms with Crippen LogP contribution in [0.25, 0.3) is 9.88 Å². The van der Waals surface area contributed by atoms with Gasteiger partial charge in [0.15, 0.2) is 10.1 Å². The number of thiazole rings is 1. The fourth-order valence-corrected chi connectivity index (χ4v) is 4.52. The highest BCUT2D eigenvalue weighted by molar-refractivity contribution is 7.25. The standard InChI is InChI=1S/C13H19N5S2/c1-8-6-4-5-7-18(8)13-15-9(2)10(19-13)11-16-17-12(14-3)20-11/h8H,4-7H2,1-3H3,(H,14,17). The number of aryl methyl sites for hydroxylation is 1. The van der Waals surface area contributed by atoms with Crippen molar-refractivity contribution in [2.24, 2.45) is 0 Å². The van der Waals surface area contributed by atoms with Gasteiger partial charge in [0.05, 0.1) is 10.6 Å². The molecular weight excluding hydrogens is 290 g/mol. The van der Waals surface area contributed by atoms with Crippen LogP contribution in [0, 0.1) is 6.92 Å². The zero-order valence-corrected chi connectivity index (χ0v) is 13.6. The third kappa shape index (κ3) is 2.52. The van der Waals surface area contributed by atoms with Crippen LogP contribution in [0.1, 0.15) is 31.9 Å². The molecular formula is C13H19N5S2. The number of aromatic nitrogens is 3. The van der Waals surface area contributed by atoms with Gasteiger partial charge in [-0.05, 0) is 33.1 Å². The Kier molecular flexibility index (Phi) is 3.89. The van der Waals surface area contributed by atoms with E-state index >= 15 is 0 Å². The van der Waals surface area contributed by atoms with E-state index in [0.717, 1.165) is 32.4 Å². The smallest absolute Gasteiger partial charge is 0.205 e. The maximum atomic E-state index is 4.76. The highest BCUT2D eigenvalue weighted by atomic mass is 32.1. The summed E-state index contributed by atoms with van der Waals surface area (Å²) in [6.07, 6.45) is 3.86. The van der Waals surface area contributed by atoms with Crippen molar-refractivity contribution < 1.29 is 0 Å². The molecule has 2 aromatic rings. The fraction of sp³-hybridized carbons (Fsp3) is 0.615. The summed E-state index contributed by atoms with van der Waals surface area (Å²) in [7, 11) is 1.87. The van der Waals surface area contributed by atoms with Gasteiger partial charge < -0.3 is 10.2 Å². The van der Waals surface area contributed by atoms with Crippen LogP contribution in [0.4, 0.5) is 10.3 Å². The minimum absolute atomic E-state index is 0.587. The largest absolute Gasteiger partial charge is 0.363 e. The van der Waals surface area contributed by atoms with Crippen molar-refractivity contribution in [1.29, 1.82) is 0 Å². The summed E-state index contributed by atoms with van der Waals surface area (Å²) in [6.45, 7) is 5.47. The Morgan fingerprint density at radius 1 is 1.25 bits per heavy atom. The molecule has 3 heterocycles. The van der Waals surface area contributed by atoms with Crippen LogP contribution >= 0.6 is 22.7 Å². The molecule has 2 aromatic heterocycles. The second-order valence-electron chi connectivity index (χ2n) is 5.11. The second-order valence-corrected chi connectivity index (χ2v) is 7.07. The van der Waals surface area contributed by atoms with Crippen molar-refractivity contribution in [3.63, 3.8) is 0 Å². The van der Waals surface area contributed by atoms with Gasteiger partial charge in [-0.3, -0.25) is 0 Å². The fourth-order valence-electron chi connectivity index (χ4n) is 2.50. The molecule has 0 bridgehead atoms. The van der Waals surface area contributed by atoms with Crippen molar-refractivity contribution in [1.82, 2.24) is 15.2 Å². The third-order valence-corrected chi connectivity index (χ3v) is 5.96. The Morgan fingerprint density at radius 3 is 2.80 bits per heavy atom. The molecule has 7 heteroatoms. The zero-order valence-electron chi connectivity index (χ0n) is 12.0. The van der Waals surface area contributed by atoms with Gasteiger partial charge in [-0.15, -0.1) is 10.2 Å². The van der Waals surface area contributed by atoms with Crippen LogP contribution in [0.15, 0.2) is 0 Å². The molecule has 1 aliphatic heterocycles. The summed E-state index contributed by atoms with van der Waals surface area (Å²) in [4.78, 5) is 8.34. The van der Waals surface area contributed by atoms with E-state index in [4.69, 9.17) is 4.98 Å². The Morgan fingerprint density at radius 2 is 2.10 bits per heavy atom. The summed E-state index contributed by atoms with van der Waals surface area (Å²) >= 11 is 3.32. The van der Waals surface area contributed by atoms with E-state index in [2.05, 4.69) is 34.3 Å². The van der Waals surface area contributed by atoms with Crippen LogP contribution in [-0.4, -0.2) is 34.8 Å². The Labute approximate surface area is 127 Å². The molecule has 0 aromatic carbocycles. The molecule has 20 heavy (non-hydrogen) atoms. The number of nitrogens with zero attached hydrogens (tertiary/aromatic N) is 4. The Balaban J connectivity index is 1.90. The van der Waals surface area contributed by atoms with E-state index in [1.54, 1.807) is 22.7 Å². The number of hydrogen-bond acceptors (Lipinski definition) is 7. The van der Waals surface area contributed by atoms with E-state index in [1.807, 2.05) is 7.05 Å². The van der Waals surface area contributed by atoms with Crippen LogP contribution in [0.2, 0.25) is 0 Å². The summed E-state index contributed by atoms with van der Waals surface area (Å²) in [6, 6.07) is 0.587. The van der Waals surface area contributed by atoms with Gasteiger partial charge in [-0.1, -0.05) is 22.7 Å². The SMILES string of the molecule is CNc1nnc(-c2sc(N3CCCCC3C)nc2C)s1. The lowest BCUT2D eigenvalue weighted by Gasteiger charge is -2.33. The lowest BCUT2D eigenvalue weighted by molar-refractivity contribution is 0.484. The lowest BCUT2D eigenvalue weighted by atomic mass is 10.1. The van der Waals surface area contributed by atoms with Crippen LogP contribution in [0.5, 0.6) is 0 Å². The summed E-state index contributed by atoms with van der Waals surface area (Å²) in [5, 5.41) is 14.3. The zero-order chi connectivity index (χ0) is 14.1. The minimum Gasteiger partial charge on any atom is -0.363 e. The molecule has 3 rings (SSSR count). The van der Waals surface area contributed by atoms with E-state index in [9.17, 15) is 0 Å². The highest BCUT2D eigenvalue weighted by Gasteiger charge is 2.23. The summed E-state index contributed by atoms with van der Waals surface area (Å²) < 4.78 is 0. The van der Waals surface area contributed by atoms with Crippen molar-refractivity contribution in [3.8, 4) is 9.88 Å². The highest BCUT2D eigenvalue weighted by Crippen LogP contribution is 2.38. The first-order chi connectivity index (χ1) is 9.69. The normalized spacial score (nSPS) is 19.4. The van der Waals surface area contributed by atoms with E-state index in [1.165, 1.54) is 19.3 Å². The van der Waals surface area contributed by atoms with Crippen molar-refractivity contribution in [2.45, 2.75) is 39.2 Å². The number of nitrogens with one attached hydrogen (secondary N) is 1. The minimum atomic E-state index is 0.587. The molecule has 1 N–H and O–H groups in total. The Hall–Kier alpha value is -1.21. The molecule has 1 fully saturated rings. The maximum Gasteiger partial charge on any atom is 0.205 e. The molecule has 1 unspecified atom stereocenters. The molecule has 5 nitrogen and oxygen atoms in total. The van der Waals surface area contributed by atoms with Gasteiger partial charge in [0, 0.05) is 19.6 Å². The molecule has 1 aliphatic rings. The Bertz CT molecular complexity index is 591. The lowest BCUT2D eigenvalue weighted by Crippen LogP contribution is -2.37. The van der Waals surface area contributed by atoms with Crippen molar-refractivity contribution in [3.05, 3.63) is 5.69 Å². The van der Waals surface area contributed by atoms with E-state index in [-0.39, 0.29) is 0 Å². The molecule has 0 aliphatic carbocycles. The van der Waals surface area contributed by atoms with Gasteiger partial charge >= 0.3 is 0 Å². The van der Waals surface area contributed by atoms with Gasteiger partial charge in [0.2, 0.25) is 5.13 Å². The number of anilines is 2. The summed E-state index contributed by atoms with van der Waals surface area (Å²) in [5.41, 5.74) is 1.06. The number of piperidine rings is 1. The monoisotopic (exact) mass is 309 g/mol. The summed E-state index contributed by atoms with van der Waals surface area (Å²) in [5.74, 6) is 0. The van der Waals surface area contributed by atoms with Gasteiger partial charge in [-0.2, -0.15) is 0 Å². The third-order valence-electron chi connectivity index (χ3n) is 3.67. The van der Waals surface area contributed by atoms with Crippen molar-refractivity contribution in [2.75, 3.05) is 23.8 Å². The first kappa shape index (κ1) is 13.8. The molecule has 0 spiro atoms. The average Bonchev–Trinajstić information content (AvgIpc) is 3.05. The molecule has 0 radical (unpaired) electrons. The molecule has 1 saturated heterocycles. The van der Waals surface area contributed by atoms with Crippen LogP contribution in [0.3, 0.4) is 0 Å². The first-order valence-corrected chi connectivity index (χ1v) is 8.58. The van der Waals surface area contributed by atoms with Gasteiger partial charge in [-0.25, -0.2) is 4.98 Å². The van der Waals surface area contributed by atoms with Crippen LogP contribution < -0.4 is 10.2 Å². The molecule has 108 valence electrons. The second kappa shape index (κ2) is 5.65. The quantitative estimate of drug-likeness (QED) is 0.942. The average molecular weight is 309 g/mol. The van der Waals surface area contributed by atoms with E-state index in [0.29, 0.717) is 6.04 Å². The van der Waals surface area contributed by atoms with Crippen molar-refractivity contribution >= 4 is 32.9 Å². The molecule has 1 atom stereocenters. The van der Waals surface area contributed by atoms with E-state index < -0.39 is 0 Å². The first-order valence-electron chi connectivity index (χ1n) is 6.94. The van der Waals surface area contributed by atoms with Crippen LogP contribution in [-0.2, 0) is 0 Å². The van der Waals surface area contributed by atoms with Gasteiger partial charge in [0.25, 0.3) is 0 Å².